The van der Waals surface area contributed by atoms with Crippen molar-refractivity contribution >= 4 is 11.6 Å². The topological polar surface area (TPSA) is 87.6 Å². The van der Waals surface area contributed by atoms with Gasteiger partial charge in [0.25, 0.3) is 5.91 Å². The molecule has 5 heteroatoms. The number of primary amides is 1. The number of benzene rings is 2. The van der Waals surface area contributed by atoms with E-state index in [2.05, 4.69) is 0 Å². The maximum absolute atomic E-state index is 11.4. The molecular formula is C15H16N2O3. The van der Waals surface area contributed by atoms with Crippen LogP contribution in [0.1, 0.15) is 17.3 Å². The highest BCUT2D eigenvalue weighted by Gasteiger charge is 2.13. The van der Waals surface area contributed by atoms with Crippen molar-refractivity contribution in [3.63, 3.8) is 0 Å². The van der Waals surface area contributed by atoms with E-state index in [1.165, 1.54) is 0 Å². The number of amides is 1. The molecule has 0 heterocycles. The maximum atomic E-state index is 11.4. The lowest BCUT2D eigenvalue weighted by atomic mass is 10.1. The van der Waals surface area contributed by atoms with Gasteiger partial charge in [-0.05, 0) is 43.3 Å². The van der Waals surface area contributed by atoms with Crippen molar-refractivity contribution in [3.05, 3.63) is 48.0 Å². The predicted molar refractivity (Wildman–Crippen MR) is 77.1 cm³/mol. The van der Waals surface area contributed by atoms with E-state index in [-0.39, 0.29) is 11.3 Å². The van der Waals surface area contributed by atoms with Crippen molar-refractivity contribution in [1.29, 1.82) is 0 Å². The number of anilines is 1. The largest absolute Gasteiger partial charge is 0.494 e. The first-order valence-corrected chi connectivity index (χ1v) is 6.21. The van der Waals surface area contributed by atoms with Crippen LogP contribution in [0.25, 0.3) is 0 Å². The lowest BCUT2D eigenvalue weighted by Crippen LogP contribution is -2.13. The molecule has 0 fully saturated rings. The number of carbonyl (C=O) groups excluding carboxylic acids is 1. The number of nitrogens with two attached hydrogens (primary N) is 2. The summed E-state index contributed by atoms with van der Waals surface area (Å²) < 4.78 is 11.0. The zero-order valence-corrected chi connectivity index (χ0v) is 11.1. The van der Waals surface area contributed by atoms with Crippen LogP contribution >= 0.6 is 0 Å². The first-order valence-electron chi connectivity index (χ1n) is 6.21. The second-order valence-electron chi connectivity index (χ2n) is 4.09. The van der Waals surface area contributed by atoms with Crippen molar-refractivity contribution < 1.29 is 14.3 Å². The van der Waals surface area contributed by atoms with Crippen molar-refractivity contribution in [2.75, 3.05) is 12.3 Å². The van der Waals surface area contributed by atoms with Gasteiger partial charge in [0.15, 0.2) is 5.75 Å². The van der Waals surface area contributed by atoms with Crippen LogP contribution in [-0.4, -0.2) is 12.5 Å². The average Bonchev–Trinajstić information content (AvgIpc) is 2.43. The monoisotopic (exact) mass is 272 g/mol. The number of para-hydroxylation sites is 1. The fourth-order valence-corrected chi connectivity index (χ4v) is 1.75. The highest BCUT2D eigenvalue weighted by molar-refractivity contribution is 5.97. The molecule has 20 heavy (non-hydrogen) atoms. The third-order valence-electron chi connectivity index (χ3n) is 2.67. The predicted octanol–water partition coefficient (Wildman–Crippen LogP) is 2.56. The van der Waals surface area contributed by atoms with Crippen LogP contribution in [0.2, 0.25) is 0 Å². The summed E-state index contributed by atoms with van der Waals surface area (Å²) >= 11 is 0. The minimum Gasteiger partial charge on any atom is -0.494 e. The highest BCUT2D eigenvalue weighted by Crippen LogP contribution is 2.31. The molecule has 0 atom stereocenters. The summed E-state index contributed by atoms with van der Waals surface area (Å²) in [7, 11) is 0. The van der Waals surface area contributed by atoms with Gasteiger partial charge in [0.05, 0.1) is 17.9 Å². The number of hydrogen-bond donors (Lipinski definition) is 2. The van der Waals surface area contributed by atoms with Gasteiger partial charge in [-0.1, -0.05) is 6.07 Å². The molecule has 0 saturated heterocycles. The number of hydrogen-bond acceptors (Lipinski definition) is 4. The Morgan fingerprint density at radius 2 is 1.75 bits per heavy atom. The van der Waals surface area contributed by atoms with Crippen molar-refractivity contribution in [2.24, 2.45) is 5.73 Å². The highest BCUT2D eigenvalue weighted by atomic mass is 16.5. The lowest BCUT2D eigenvalue weighted by Gasteiger charge is -2.12. The molecule has 0 aliphatic rings. The maximum Gasteiger partial charge on any atom is 0.252 e. The third-order valence-corrected chi connectivity index (χ3v) is 2.67. The first-order chi connectivity index (χ1) is 9.61. The van der Waals surface area contributed by atoms with Gasteiger partial charge in [-0.15, -0.1) is 0 Å². The molecule has 0 unspecified atom stereocenters. The zero-order valence-electron chi connectivity index (χ0n) is 11.1. The summed E-state index contributed by atoms with van der Waals surface area (Å²) in [6, 6.07) is 11.9. The standard InChI is InChI=1S/C15H16N2O3/c1-2-19-10-6-8-11(9-7-10)20-14-12(15(17)18)4-3-5-13(14)16/h3-9H,2,16H2,1H3,(H2,17,18). The molecule has 1 amide bonds. The third kappa shape index (κ3) is 3.00. The Bertz CT molecular complexity index is 609. The zero-order chi connectivity index (χ0) is 14.5. The Balaban J connectivity index is 2.27. The van der Waals surface area contributed by atoms with Gasteiger partial charge < -0.3 is 20.9 Å². The van der Waals surface area contributed by atoms with Crippen LogP contribution in [-0.2, 0) is 0 Å². The molecule has 2 rings (SSSR count). The fourth-order valence-electron chi connectivity index (χ4n) is 1.75. The van der Waals surface area contributed by atoms with E-state index < -0.39 is 5.91 Å². The number of carbonyl (C=O) groups is 1. The molecule has 5 nitrogen and oxygen atoms in total. The normalized spacial score (nSPS) is 10.1. The van der Waals surface area contributed by atoms with E-state index >= 15 is 0 Å². The molecule has 0 radical (unpaired) electrons. The second kappa shape index (κ2) is 5.97. The fraction of sp³-hybridized carbons (Fsp3) is 0.133. The van der Waals surface area contributed by atoms with Crippen LogP contribution in [0, 0.1) is 0 Å². The molecule has 2 aromatic carbocycles. The molecule has 0 spiro atoms. The van der Waals surface area contributed by atoms with E-state index in [9.17, 15) is 4.79 Å². The summed E-state index contributed by atoms with van der Waals surface area (Å²) in [6.45, 7) is 2.51. The van der Waals surface area contributed by atoms with Crippen LogP contribution < -0.4 is 20.9 Å². The van der Waals surface area contributed by atoms with Gasteiger partial charge in [0.1, 0.15) is 11.5 Å². The molecule has 2 aromatic rings. The molecule has 0 aromatic heterocycles. The van der Waals surface area contributed by atoms with E-state index in [1.807, 2.05) is 6.92 Å². The van der Waals surface area contributed by atoms with E-state index in [0.717, 1.165) is 5.75 Å². The van der Waals surface area contributed by atoms with Gasteiger partial charge in [0, 0.05) is 0 Å². The van der Waals surface area contributed by atoms with Gasteiger partial charge in [-0.3, -0.25) is 4.79 Å². The van der Waals surface area contributed by atoms with Crippen LogP contribution in [0.5, 0.6) is 17.2 Å². The number of nitrogen functional groups attached to an aromatic ring is 1. The summed E-state index contributed by atoms with van der Waals surface area (Å²) in [6.07, 6.45) is 0. The van der Waals surface area contributed by atoms with Gasteiger partial charge in [-0.2, -0.15) is 0 Å². The Hall–Kier alpha value is -2.69. The Labute approximate surface area is 117 Å². The van der Waals surface area contributed by atoms with Crippen LogP contribution in [0.4, 0.5) is 5.69 Å². The molecule has 0 aliphatic heterocycles. The second-order valence-corrected chi connectivity index (χ2v) is 4.09. The van der Waals surface area contributed by atoms with E-state index in [4.69, 9.17) is 20.9 Å². The summed E-state index contributed by atoms with van der Waals surface area (Å²) in [5.41, 5.74) is 11.7. The Kier molecular flexibility index (Phi) is 4.10. The molecular weight excluding hydrogens is 256 g/mol. The molecule has 4 N–H and O–H groups in total. The van der Waals surface area contributed by atoms with Crippen molar-refractivity contribution in [3.8, 4) is 17.2 Å². The Morgan fingerprint density at radius 1 is 1.10 bits per heavy atom. The SMILES string of the molecule is CCOc1ccc(Oc2c(N)cccc2C(N)=O)cc1. The summed E-state index contributed by atoms with van der Waals surface area (Å²) in [4.78, 5) is 11.4. The summed E-state index contributed by atoms with van der Waals surface area (Å²) in [5, 5.41) is 0. The molecule has 0 saturated carbocycles. The summed E-state index contributed by atoms with van der Waals surface area (Å²) in [5.74, 6) is 0.979. The minimum absolute atomic E-state index is 0.249. The van der Waals surface area contributed by atoms with Gasteiger partial charge in [0.2, 0.25) is 0 Å². The van der Waals surface area contributed by atoms with Crippen LogP contribution in [0.15, 0.2) is 42.5 Å². The van der Waals surface area contributed by atoms with Gasteiger partial charge >= 0.3 is 0 Å². The van der Waals surface area contributed by atoms with Crippen molar-refractivity contribution in [2.45, 2.75) is 6.92 Å². The molecule has 0 bridgehead atoms. The lowest BCUT2D eigenvalue weighted by molar-refractivity contribution is 0.0998. The molecule has 104 valence electrons. The Morgan fingerprint density at radius 3 is 2.35 bits per heavy atom. The first kappa shape index (κ1) is 13.7. The number of ether oxygens (including phenoxy) is 2. The number of rotatable bonds is 5. The van der Waals surface area contributed by atoms with E-state index in [0.29, 0.717) is 18.0 Å². The van der Waals surface area contributed by atoms with Gasteiger partial charge in [-0.25, -0.2) is 0 Å². The van der Waals surface area contributed by atoms with Crippen molar-refractivity contribution in [1.82, 2.24) is 0 Å². The smallest absolute Gasteiger partial charge is 0.252 e. The molecule has 0 aliphatic carbocycles. The average molecular weight is 272 g/mol. The van der Waals surface area contributed by atoms with E-state index in [1.54, 1.807) is 42.5 Å². The minimum atomic E-state index is -0.585. The van der Waals surface area contributed by atoms with Crippen LogP contribution in [0.3, 0.4) is 0 Å². The quantitative estimate of drug-likeness (QED) is 0.819.